The summed E-state index contributed by atoms with van der Waals surface area (Å²) in [6, 6.07) is 4.05. The number of hydrogen-bond acceptors (Lipinski definition) is 7. The maximum atomic E-state index is 12.1. The number of rotatable bonds is 4. The molecule has 1 heterocycles. The van der Waals surface area contributed by atoms with Crippen LogP contribution in [0, 0.1) is 10.1 Å². The van der Waals surface area contributed by atoms with E-state index >= 15 is 0 Å². The molecule has 102 valence electrons. The summed E-state index contributed by atoms with van der Waals surface area (Å²) in [7, 11) is 0. The summed E-state index contributed by atoms with van der Waals surface area (Å²) in [5.74, 6) is 4.91. The van der Waals surface area contributed by atoms with Gasteiger partial charge in [-0.2, -0.15) is 0 Å². The van der Waals surface area contributed by atoms with E-state index in [-0.39, 0.29) is 22.8 Å². The van der Waals surface area contributed by atoms with Gasteiger partial charge < -0.3 is 10.7 Å². The van der Waals surface area contributed by atoms with E-state index in [0.29, 0.717) is 0 Å². The highest BCUT2D eigenvalue weighted by Gasteiger charge is 2.21. The smallest absolute Gasteiger partial charge is 0.294 e. The minimum Gasteiger partial charge on any atom is -0.318 e. The van der Waals surface area contributed by atoms with E-state index in [2.05, 4.69) is 20.7 Å². The lowest BCUT2D eigenvalue weighted by Crippen LogP contribution is -2.18. The van der Waals surface area contributed by atoms with E-state index < -0.39 is 10.8 Å². The number of nitrogens with one attached hydrogen (secondary N) is 2. The molecule has 9 heteroatoms. The van der Waals surface area contributed by atoms with Crippen molar-refractivity contribution >= 4 is 23.1 Å². The number of anilines is 2. The second-order valence-electron chi connectivity index (χ2n) is 3.65. The van der Waals surface area contributed by atoms with Gasteiger partial charge in [0.15, 0.2) is 5.82 Å². The third-order valence-corrected chi connectivity index (χ3v) is 2.43. The van der Waals surface area contributed by atoms with Crippen LogP contribution in [0.4, 0.5) is 17.2 Å². The molecule has 1 aromatic carbocycles. The van der Waals surface area contributed by atoms with Crippen LogP contribution in [0.25, 0.3) is 0 Å². The Hall–Kier alpha value is -3.07. The van der Waals surface area contributed by atoms with Crippen molar-refractivity contribution in [1.82, 2.24) is 9.97 Å². The molecule has 0 bridgehead atoms. The van der Waals surface area contributed by atoms with Crippen molar-refractivity contribution < 1.29 is 9.72 Å². The average molecular weight is 274 g/mol. The van der Waals surface area contributed by atoms with Gasteiger partial charge in [0, 0.05) is 18.5 Å². The second kappa shape index (κ2) is 5.71. The predicted molar refractivity (Wildman–Crippen MR) is 70.9 cm³/mol. The standard InChI is InChI=1S/C11H10N6O3/c12-16-10-7(2-1-3-8(10)17(19)20)11(18)15-9-6-13-4-5-14-9/h1-6,16H,12H2,(H,14,15,18). The number of amides is 1. The molecule has 0 spiro atoms. The zero-order valence-corrected chi connectivity index (χ0v) is 10.1. The van der Waals surface area contributed by atoms with Gasteiger partial charge in [-0.15, -0.1) is 0 Å². The van der Waals surface area contributed by atoms with Gasteiger partial charge in [0.05, 0.1) is 16.7 Å². The van der Waals surface area contributed by atoms with Crippen molar-refractivity contribution in [1.29, 1.82) is 0 Å². The number of carbonyl (C=O) groups is 1. The van der Waals surface area contributed by atoms with Crippen LogP contribution >= 0.6 is 0 Å². The van der Waals surface area contributed by atoms with Crippen LogP contribution in [0.5, 0.6) is 0 Å². The summed E-state index contributed by atoms with van der Waals surface area (Å²) < 4.78 is 0. The molecular weight excluding hydrogens is 264 g/mol. The topological polar surface area (TPSA) is 136 Å². The molecule has 20 heavy (non-hydrogen) atoms. The Morgan fingerprint density at radius 1 is 1.35 bits per heavy atom. The lowest BCUT2D eigenvalue weighted by Gasteiger charge is -2.09. The molecular formula is C11H10N6O3. The van der Waals surface area contributed by atoms with Crippen molar-refractivity contribution in [2.24, 2.45) is 5.84 Å². The molecule has 1 amide bonds. The van der Waals surface area contributed by atoms with E-state index in [1.54, 1.807) is 0 Å². The molecule has 0 saturated carbocycles. The Kier molecular flexibility index (Phi) is 3.82. The SMILES string of the molecule is NNc1c(C(=O)Nc2cnccn2)cccc1[N+](=O)[O-]. The summed E-state index contributed by atoms with van der Waals surface area (Å²) in [5.41, 5.74) is 1.85. The van der Waals surface area contributed by atoms with E-state index in [4.69, 9.17) is 5.84 Å². The van der Waals surface area contributed by atoms with Crippen molar-refractivity contribution in [3.05, 3.63) is 52.5 Å². The number of para-hydroxylation sites is 1. The molecule has 0 fully saturated rings. The third kappa shape index (κ3) is 2.67. The molecule has 0 radical (unpaired) electrons. The molecule has 0 aliphatic rings. The molecule has 0 atom stereocenters. The van der Waals surface area contributed by atoms with Gasteiger partial charge in [0.1, 0.15) is 5.69 Å². The molecule has 4 N–H and O–H groups in total. The number of aromatic nitrogens is 2. The van der Waals surface area contributed by atoms with Gasteiger partial charge in [-0.1, -0.05) is 6.07 Å². The van der Waals surface area contributed by atoms with Gasteiger partial charge in [0.25, 0.3) is 11.6 Å². The normalized spacial score (nSPS) is 9.85. The minimum absolute atomic E-state index is 0.0346. The Labute approximate surface area is 113 Å². The molecule has 2 rings (SSSR count). The second-order valence-corrected chi connectivity index (χ2v) is 3.65. The van der Waals surface area contributed by atoms with Gasteiger partial charge in [0.2, 0.25) is 0 Å². The molecule has 0 saturated heterocycles. The van der Waals surface area contributed by atoms with Crippen LogP contribution in [0.2, 0.25) is 0 Å². The molecule has 0 aliphatic heterocycles. The fraction of sp³-hybridized carbons (Fsp3) is 0. The van der Waals surface area contributed by atoms with Gasteiger partial charge in [-0.25, -0.2) is 4.98 Å². The highest BCUT2D eigenvalue weighted by atomic mass is 16.6. The summed E-state index contributed by atoms with van der Waals surface area (Å²) in [4.78, 5) is 30.0. The number of benzene rings is 1. The Bertz CT molecular complexity index is 646. The Balaban J connectivity index is 2.35. The first-order valence-electron chi connectivity index (χ1n) is 5.45. The van der Waals surface area contributed by atoms with E-state index in [9.17, 15) is 14.9 Å². The van der Waals surface area contributed by atoms with Crippen LogP contribution in [-0.2, 0) is 0 Å². The van der Waals surface area contributed by atoms with Gasteiger partial charge in [-0.3, -0.25) is 25.7 Å². The minimum atomic E-state index is -0.631. The van der Waals surface area contributed by atoms with E-state index in [1.807, 2.05) is 0 Å². The van der Waals surface area contributed by atoms with Crippen LogP contribution in [-0.4, -0.2) is 20.8 Å². The first kappa shape index (κ1) is 13.4. The van der Waals surface area contributed by atoms with Crippen LogP contribution in [0.3, 0.4) is 0 Å². The predicted octanol–water partition coefficient (Wildman–Crippen LogP) is 0.923. The lowest BCUT2D eigenvalue weighted by molar-refractivity contribution is -0.384. The highest BCUT2D eigenvalue weighted by molar-refractivity contribution is 6.08. The first-order chi connectivity index (χ1) is 9.63. The Morgan fingerprint density at radius 3 is 2.75 bits per heavy atom. The lowest BCUT2D eigenvalue weighted by atomic mass is 10.1. The number of nitro benzene ring substituents is 1. The molecule has 0 unspecified atom stereocenters. The van der Waals surface area contributed by atoms with Crippen molar-refractivity contribution in [2.75, 3.05) is 10.7 Å². The fourth-order valence-electron chi connectivity index (χ4n) is 1.58. The Morgan fingerprint density at radius 2 is 2.15 bits per heavy atom. The number of carbonyl (C=O) groups excluding carboxylic acids is 1. The van der Waals surface area contributed by atoms with E-state index in [0.717, 1.165) is 0 Å². The van der Waals surface area contributed by atoms with Crippen LogP contribution < -0.4 is 16.6 Å². The molecule has 1 aromatic heterocycles. The van der Waals surface area contributed by atoms with Gasteiger partial charge >= 0.3 is 0 Å². The van der Waals surface area contributed by atoms with Crippen LogP contribution in [0.15, 0.2) is 36.8 Å². The van der Waals surface area contributed by atoms with Gasteiger partial charge in [-0.05, 0) is 6.07 Å². The summed E-state index contributed by atoms with van der Waals surface area (Å²) in [5, 5.41) is 13.3. The molecule has 0 aliphatic carbocycles. The molecule has 2 aromatic rings. The summed E-state index contributed by atoms with van der Waals surface area (Å²) in [6.07, 6.45) is 4.21. The number of nitrogen functional groups attached to an aromatic ring is 1. The summed E-state index contributed by atoms with van der Waals surface area (Å²) in [6.45, 7) is 0. The average Bonchev–Trinajstić information content (AvgIpc) is 2.47. The maximum Gasteiger partial charge on any atom is 0.294 e. The largest absolute Gasteiger partial charge is 0.318 e. The fourth-order valence-corrected chi connectivity index (χ4v) is 1.58. The van der Waals surface area contributed by atoms with Crippen LogP contribution in [0.1, 0.15) is 10.4 Å². The number of nitro groups is 1. The number of nitrogens with zero attached hydrogens (tertiary/aromatic N) is 3. The van der Waals surface area contributed by atoms with Crippen molar-refractivity contribution in [3.63, 3.8) is 0 Å². The number of hydrazine groups is 1. The summed E-state index contributed by atoms with van der Waals surface area (Å²) >= 11 is 0. The zero-order valence-electron chi connectivity index (χ0n) is 10.1. The zero-order chi connectivity index (χ0) is 14.5. The quantitative estimate of drug-likeness (QED) is 0.428. The first-order valence-corrected chi connectivity index (χ1v) is 5.45. The monoisotopic (exact) mass is 274 g/mol. The van der Waals surface area contributed by atoms with Crippen molar-refractivity contribution in [2.45, 2.75) is 0 Å². The third-order valence-electron chi connectivity index (χ3n) is 2.43. The maximum absolute atomic E-state index is 12.1. The number of hydrogen-bond donors (Lipinski definition) is 3. The van der Waals surface area contributed by atoms with E-state index in [1.165, 1.54) is 36.8 Å². The van der Waals surface area contributed by atoms with Crippen molar-refractivity contribution in [3.8, 4) is 0 Å². The molecule has 9 nitrogen and oxygen atoms in total. The number of nitrogens with two attached hydrogens (primary N) is 1. The highest BCUT2D eigenvalue weighted by Crippen LogP contribution is 2.27.